The molecule has 1 saturated heterocycles. The summed E-state index contributed by atoms with van der Waals surface area (Å²) in [5.41, 5.74) is 14.5. The highest BCUT2D eigenvalue weighted by Gasteiger charge is 2.46. The number of hydrogen-bond donors (Lipinski definition) is 1. The second-order valence-electron chi connectivity index (χ2n) is 9.86. The van der Waals surface area contributed by atoms with Crippen LogP contribution in [-0.2, 0) is 13.5 Å². The third-order valence-electron chi connectivity index (χ3n) is 7.89. The van der Waals surface area contributed by atoms with Gasteiger partial charge in [-0.3, -0.25) is 4.68 Å². The molecule has 0 unspecified atom stereocenters. The van der Waals surface area contributed by atoms with Crippen molar-refractivity contribution in [1.82, 2.24) is 24.4 Å². The number of piperidine rings is 1. The fourth-order valence-electron chi connectivity index (χ4n) is 6.05. The summed E-state index contributed by atoms with van der Waals surface area (Å²) in [6, 6.07) is 10.6. The van der Waals surface area contributed by atoms with Gasteiger partial charge >= 0.3 is 0 Å². The van der Waals surface area contributed by atoms with Gasteiger partial charge in [0.2, 0.25) is 0 Å². The monoisotopic (exact) mass is 493 g/mol. The Morgan fingerprint density at radius 1 is 1.11 bits per heavy atom. The number of benzene rings is 1. The van der Waals surface area contributed by atoms with E-state index in [-0.39, 0.29) is 23.9 Å². The summed E-state index contributed by atoms with van der Waals surface area (Å²) in [5, 5.41) is 9.19. The van der Waals surface area contributed by atoms with Crippen molar-refractivity contribution < 1.29 is 4.74 Å². The maximum absolute atomic E-state index is 6.85. The molecule has 0 radical (unpaired) electrons. The molecule has 0 amide bonds. The van der Waals surface area contributed by atoms with Crippen LogP contribution in [0.2, 0.25) is 0 Å². The molecule has 6 rings (SSSR count). The number of nitrogens with zero attached hydrogens (tertiary/aromatic N) is 6. The Morgan fingerprint density at radius 3 is 2.57 bits per heavy atom. The van der Waals surface area contributed by atoms with Crippen LogP contribution in [-0.4, -0.2) is 44.6 Å². The Morgan fingerprint density at radius 2 is 1.89 bits per heavy atom. The van der Waals surface area contributed by atoms with E-state index < -0.39 is 0 Å². The highest BCUT2D eigenvalue weighted by molar-refractivity contribution is 5.85. The molecule has 1 spiro atoms. The highest BCUT2D eigenvalue weighted by atomic mass is 35.5. The Labute approximate surface area is 211 Å². The van der Waals surface area contributed by atoms with E-state index >= 15 is 0 Å². The van der Waals surface area contributed by atoms with Crippen molar-refractivity contribution in [1.29, 1.82) is 0 Å². The first-order valence-corrected chi connectivity index (χ1v) is 11.9. The summed E-state index contributed by atoms with van der Waals surface area (Å²) in [5.74, 6) is 1.88. The molecule has 3 aromatic heterocycles. The normalized spacial score (nSPS) is 18.7. The lowest BCUT2D eigenvalue weighted by molar-refractivity contribution is 0.187. The number of hydrogen-bond acceptors (Lipinski definition) is 6. The SMILES string of the molecule is COc1ccc2c(c1)[C@@H](N)C1(CCN(c3nc(C)c(-c4cc(C)nn4C)n4nccc34)CC1)C2.Cl. The molecule has 1 atom stereocenters. The van der Waals surface area contributed by atoms with E-state index in [0.29, 0.717) is 0 Å². The van der Waals surface area contributed by atoms with Crippen molar-refractivity contribution in [3.63, 3.8) is 0 Å². The van der Waals surface area contributed by atoms with Gasteiger partial charge in [0, 0.05) is 26.2 Å². The minimum absolute atomic E-state index is 0. The van der Waals surface area contributed by atoms with Gasteiger partial charge in [0.25, 0.3) is 0 Å². The number of methoxy groups -OCH3 is 1. The zero-order chi connectivity index (χ0) is 23.6. The van der Waals surface area contributed by atoms with Crippen LogP contribution in [0.4, 0.5) is 5.82 Å². The molecule has 1 fully saturated rings. The molecule has 2 N–H and O–H groups in total. The number of aryl methyl sites for hydroxylation is 3. The van der Waals surface area contributed by atoms with Crippen LogP contribution in [0.1, 0.15) is 41.4 Å². The lowest BCUT2D eigenvalue weighted by atomic mass is 9.73. The number of anilines is 1. The van der Waals surface area contributed by atoms with E-state index in [1.807, 2.05) is 35.4 Å². The highest BCUT2D eigenvalue weighted by Crippen LogP contribution is 2.51. The fourth-order valence-corrected chi connectivity index (χ4v) is 6.05. The minimum atomic E-state index is 0. The van der Waals surface area contributed by atoms with Gasteiger partial charge in [-0.25, -0.2) is 9.50 Å². The van der Waals surface area contributed by atoms with Crippen molar-refractivity contribution in [2.75, 3.05) is 25.1 Å². The third kappa shape index (κ3) is 3.58. The van der Waals surface area contributed by atoms with Crippen molar-refractivity contribution in [3.8, 4) is 17.1 Å². The van der Waals surface area contributed by atoms with Gasteiger partial charge in [-0.2, -0.15) is 10.2 Å². The quantitative estimate of drug-likeness (QED) is 0.464. The van der Waals surface area contributed by atoms with E-state index in [9.17, 15) is 0 Å². The predicted molar refractivity (Wildman–Crippen MR) is 139 cm³/mol. The number of ether oxygens (including phenoxy) is 1. The third-order valence-corrected chi connectivity index (χ3v) is 7.89. The number of rotatable bonds is 3. The summed E-state index contributed by atoms with van der Waals surface area (Å²) in [4.78, 5) is 7.50. The first-order valence-electron chi connectivity index (χ1n) is 11.9. The second-order valence-corrected chi connectivity index (χ2v) is 9.86. The molecule has 0 bridgehead atoms. The number of halogens is 1. The number of nitrogens with two attached hydrogens (primary N) is 1. The lowest BCUT2D eigenvalue weighted by Gasteiger charge is -2.42. The maximum Gasteiger partial charge on any atom is 0.155 e. The Bertz CT molecular complexity index is 1400. The smallest absolute Gasteiger partial charge is 0.155 e. The average Bonchev–Trinajstić information content (AvgIpc) is 3.51. The van der Waals surface area contributed by atoms with Crippen LogP contribution in [0, 0.1) is 19.3 Å². The average molecular weight is 494 g/mol. The predicted octanol–water partition coefficient (Wildman–Crippen LogP) is 4.02. The van der Waals surface area contributed by atoms with Crippen LogP contribution in [0.3, 0.4) is 0 Å². The molecule has 1 aromatic carbocycles. The molecular formula is C26H32ClN7O. The molecule has 184 valence electrons. The van der Waals surface area contributed by atoms with Crippen LogP contribution in [0.25, 0.3) is 16.9 Å². The molecule has 9 heteroatoms. The molecule has 0 saturated carbocycles. The van der Waals surface area contributed by atoms with Gasteiger partial charge < -0.3 is 15.4 Å². The fraction of sp³-hybridized carbons (Fsp3) is 0.423. The van der Waals surface area contributed by atoms with Gasteiger partial charge in [-0.05, 0) is 73.9 Å². The van der Waals surface area contributed by atoms with E-state index in [2.05, 4.69) is 46.3 Å². The summed E-state index contributed by atoms with van der Waals surface area (Å²) in [7, 11) is 3.68. The van der Waals surface area contributed by atoms with Crippen LogP contribution in [0.5, 0.6) is 5.75 Å². The van der Waals surface area contributed by atoms with E-state index in [1.54, 1.807) is 7.11 Å². The molecule has 4 heterocycles. The summed E-state index contributed by atoms with van der Waals surface area (Å²) in [6.45, 7) is 5.92. The zero-order valence-electron chi connectivity index (χ0n) is 20.7. The van der Waals surface area contributed by atoms with Crippen molar-refractivity contribution in [2.24, 2.45) is 18.2 Å². The van der Waals surface area contributed by atoms with Gasteiger partial charge in [-0.1, -0.05) is 6.07 Å². The van der Waals surface area contributed by atoms with E-state index in [1.165, 1.54) is 11.1 Å². The lowest BCUT2D eigenvalue weighted by Crippen LogP contribution is -2.44. The Balaban J connectivity index is 0.00000253. The molecule has 1 aliphatic heterocycles. The summed E-state index contributed by atoms with van der Waals surface area (Å²) < 4.78 is 9.36. The van der Waals surface area contributed by atoms with Gasteiger partial charge in [-0.15, -0.1) is 12.4 Å². The molecular weight excluding hydrogens is 462 g/mol. The first-order chi connectivity index (χ1) is 16.4. The van der Waals surface area contributed by atoms with Crippen LogP contribution < -0.4 is 15.4 Å². The topological polar surface area (TPSA) is 86.5 Å². The largest absolute Gasteiger partial charge is 0.497 e. The first kappa shape index (κ1) is 23.6. The van der Waals surface area contributed by atoms with E-state index in [4.69, 9.17) is 15.5 Å². The van der Waals surface area contributed by atoms with Crippen LogP contribution >= 0.6 is 12.4 Å². The maximum atomic E-state index is 6.85. The second kappa shape index (κ2) is 8.53. The zero-order valence-corrected chi connectivity index (χ0v) is 21.5. The molecule has 1 aliphatic carbocycles. The number of fused-ring (bicyclic) bond motifs is 2. The Kier molecular flexibility index (Phi) is 5.76. The van der Waals surface area contributed by atoms with Gasteiger partial charge in [0.05, 0.1) is 30.4 Å². The molecule has 4 aromatic rings. The van der Waals surface area contributed by atoms with Crippen molar-refractivity contribution in [3.05, 3.63) is 59.0 Å². The standard InChI is InChI=1S/C26H31N7O.ClH/c1-16-13-22(31(3)30-16)23-17(2)29-25(21-7-10-28-33(21)23)32-11-8-26(9-12-32)15-18-5-6-19(34-4)14-20(18)24(26)27;/h5-7,10,13-14,24H,8-9,11-12,15,27H2,1-4H3;1H/t24-;/m1./s1. The van der Waals surface area contributed by atoms with Gasteiger partial charge in [0.15, 0.2) is 5.82 Å². The summed E-state index contributed by atoms with van der Waals surface area (Å²) in [6.07, 6.45) is 4.97. The molecule has 8 nitrogen and oxygen atoms in total. The number of aromatic nitrogens is 5. The van der Waals surface area contributed by atoms with Crippen molar-refractivity contribution in [2.45, 2.75) is 39.2 Å². The summed E-state index contributed by atoms with van der Waals surface area (Å²) >= 11 is 0. The molecule has 35 heavy (non-hydrogen) atoms. The Hall–Kier alpha value is -3.10. The minimum Gasteiger partial charge on any atom is -0.497 e. The molecule has 2 aliphatic rings. The van der Waals surface area contributed by atoms with Crippen molar-refractivity contribution >= 4 is 23.7 Å². The van der Waals surface area contributed by atoms with E-state index in [0.717, 1.165) is 72.2 Å². The van der Waals surface area contributed by atoms with Crippen LogP contribution in [0.15, 0.2) is 36.5 Å². The van der Waals surface area contributed by atoms with Gasteiger partial charge in [0.1, 0.15) is 17.0 Å².